The molecule has 0 saturated heterocycles. The van der Waals surface area contributed by atoms with E-state index in [0.717, 1.165) is 25.7 Å². The largest absolute Gasteiger partial charge is 0.480 e. The Morgan fingerprint density at radius 3 is 2.73 bits per heavy atom. The lowest BCUT2D eigenvalue weighted by Gasteiger charge is -2.15. The summed E-state index contributed by atoms with van der Waals surface area (Å²) in [6.45, 7) is 2.12. The second kappa shape index (κ2) is 10.0. The van der Waals surface area contributed by atoms with Gasteiger partial charge in [-0.25, -0.2) is 9.78 Å². The van der Waals surface area contributed by atoms with Crippen LogP contribution in [0.15, 0.2) is 48.8 Å². The Morgan fingerprint density at radius 2 is 1.97 bits per heavy atom. The summed E-state index contributed by atoms with van der Waals surface area (Å²) < 4.78 is 1.67. The summed E-state index contributed by atoms with van der Waals surface area (Å²) >= 11 is 0. The molecule has 4 aromatic rings. The molecule has 1 unspecified atom stereocenters. The molecule has 2 aromatic carbocycles. The molecule has 0 radical (unpaired) electrons. The molecule has 0 spiro atoms. The number of tetrazole rings is 1. The van der Waals surface area contributed by atoms with Gasteiger partial charge in [0.2, 0.25) is 5.82 Å². The van der Waals surface area contributed by atoms with Crippen LogP contribution in [-0.2, 0) is 4.79 Å². The SMILES string of the molecule is CCCCCCC(C(=O)O)n1cnc2c(NC(=O)c3ccccc3-c3nn[nH]n3)cccc21. The van der Waals surface area contributed by atoms with Crippen LogP contribution in [0.4, 0.5) is 5.69 Å². The summed E-state index contributed by atoms with van der Waals surface area (Å²) in [6, 6.07) is 11.6. The Morgan fingerprint density at radius 1 is 1.12 bits per heavy atom. The number of hydrogen-bond acceptors (Lipinski definition) is 6. The number of unbranched alkanes of at least 4 members (excludes halogenated alkanes) is 3. The van der Waals surface area contributed by atoms with Crippen molar-refractivity contribution < 1.29 is 14.7 Å². The number of benzene rings is 2. The fourth-order valence-corrected chi connectivity index (χ4v) is 3.89. The molecule has 0 fully saturated rings. The van der Waals surface area contributed by atoms with Gasteiger partial charge in [-0.05, 0) is 29.8 Å². The minimum absolute atomic E-state index is 0.315. The van der Waals surface area contributed by atoms with Gasteiger partial charge in [0.15, 0.2) is 0 Å². The summed E-state index contributed by atoms with van der Waals surface area (Å²) in [5.41, 5.74) is 2.60. The molecule has 33 heavy (non-hydrogen) atoms. The van der Waals surface area contributed by atoms with Crippen molar-refractivity contribution in [2.24, 2.45) is 0 Å². The zero-order chi connectivity index (χ0) is 23.2. The number of nitrogens with zero attached hydrogens (tertiary/aromatic N) is 5. The zero-order valence-electron chi connectivity index (χ0n) is 18.2. The second-order valence-corrected chi connectivity index (χ2v) is 7.76. The summed E-state index contributed by atoms with van der Waals surface area (Å²) in [7, 11) is 0. The van der Waals surface area contributed by atoms with Gasteiger partial charge in [-0.1, -0.05) is 56.9 Å². The number of nitrogens with one attached hydrogen (secondary N) is 2. The van der Waals surface area contributed by atoms with Crippen LogP contribution >= 0.6 is 0 Å². The molecule has 10 heteroatoms. The van der Waals surface area contributed by atoms with Crippen molar-refractivity contribution in [2.75, 3.05) is 5.32 Å². The second-order valence-electron chi connectivity index (χ2n) is 7.76. The molecule has 3 N–H and O–H groups in total. The Bertz CT molecular complexity index is 1250. The first-order valence-corrected chi connectivity index (χ1v) is 10.9. The maximum Gasteiger partial charge on any atom is 0.326 e. The van der Waals surface area contributed by atoms with Gasteiger partial charge >= 0.3 is 5.97 Å². The minimum atomic E-state index is -0.894. The van der Waals surface area contributed by atoms with E-state index in [1.54, 1.807) is 41.0 Å². The number of rotatable bonds is 10. The molecule has 1 atom stereocenters. The molecule has 0 saturated carbocycles. The van der Waals surface area contributed by atoms with Crippen LogP contribution in [0.25, 0.3) is 22.4 Å². The van der Waals surface area contributed by atoms with Crippen LogP contribution in [0.2, 0.25) is 0 Å². The number of imidazole rings is 1. The Kier molecular flexibility index (Phi) is 6.72. The molecule has 0 bridgehead atoms. The van der Waals surface area contributed by atoms with Crippen molar-refractivity contribution in [1.82, 2.24) is 30.2 Å². The van der Waals surface area contributed by atoms with Crippen LogP contribution in [0.1, 0.15) is 55.4 Å². The van der Waals surface area contributed by atoms with Gasteiger partial charge in [-0.3, -0.25) is 4.79 Å². The van der Waals surface area contributed by atoms with Gasteiger partial charge in [0.05, 0.1) is 23.1 Å². The maximum atomic E-state index is 13.1. The third kappa shape index (κ3) is 4.74. The number of para-hydroxylation sites is 1. The number of amides is 1. The van der Waals surface area contributed by atoms with Crippen molar-refractivity contribution in [1.29, 1.82) is 0 Å². The van der Waals surface area contributed by atoms with Crippen LogP contribution in [0.3, 0.4) is 0 Å². The molecule has 4 rings (SSSR count). The van der Waals surface area contributed by atoms with Crippen molar-refractivity contribution in [3.05, 3.63) is 54.4 Å². The van der Waals surface area contributed by atoms with E-state index in [2.05, 4.69) is 37.8 Å². The number of carboxylic acids is 1. The topological polar surface area (TPSA) is 139 Å². The first-order valence-electron chi connectivity index (χ1n) is 10.9. The summed E-state index contributed by atoms with van der Waals surface area (Å²) in [4.78, 5) is 29.5. The van der Waals surface area contributed by atoms with Gasteiger partial charge in [-0.15, -0.1) is 10.2 Å². The number of carbonyl (C=O) groups excluding carboxylic acids is 1. The van der Waals surface area contributed by atoms with Gasteiger partial charge in [-0.2, -0.15) is 5.21 Å². The molecule has 0 aliphatic carbocycles. The predicted molar refractivity (Wildman–Crippen MR) is 123 cm³/mol. The van der Waals surface area contributed by atoms with Gasteiger partial charge in [0.25, 0.3) is 5.91 Å². The molecule has 2 aromatic heterocycles. The van der Waals surface area contributed by atoms with Crippen LogP contribution in [0, 0.1) is 0 Å². The smallest absolute Gasteiger partial charge is 0.326 e. The number of aromatic nitrogens is 6. The molecule has 10 nitrogen and oxygen atoms in total. The van der Waals surface area contributed by atoms with Crippen molar-refractivity contribution >= 4 is 28.6 Å². The number of fused-ring (bicyclic) bond motifs is 1. The Balaban J connectivity index is 1.61. The van der Waals surface area contributed by atoms with E-state index in [1.165, 1.54) is 6.33 Å². The minimum Gasteiger partial charge on any atom is -0.480 e. The molecule has 2 heterocycles. The molecular weight excluding hydrogens is 422 g/mol. The van der Waals surface area contributed by atoms with Crippen LogP contribution < -0.4 is 5.32 Å². The van der Waals surface area contributed by atoms with E-state index in [1.807, 2.05) is 6.07 Å². The molecule has 0 aliphatic heterocycles. The van der Waals surface area contributed by atoms with Gasteiger partial charge in [0, 0.05) is 5.56 Å². The fourth-order valence-electron chi connectivity index (χ4n) is 3.89. The van der Waals surface area contributed by atoms with E-state index in [9.17, 15) is 14.7 Å². The standard InChI is InChI=1S/C23H25N7O3/c1-2-3-4-5-12-19(23(32)33)30-14-24-20-17(11-8-13-18(20)30)25-22(31)16-10-7-6-9-15(16)21-26-28-29-27-21/h6-11,13-14,19H,2-5,12H2,1H3,(H,25,31)(H,32,33)(H,26,27,28,29). The Labute approximate surface area is 190 Å². The fraction of sp³-hybridized carbons (Fsp3) is 0.304. The lowest BCUT2D eigenvalue weighted by Crippen LogP contribution is -2.18. The highest BCUT2D eigenvalue weighted by Gasteiger charge is 2.23. The maximum absolute atomic E-state index is 13.1. The van der Waals surface area contributed by atoms with Gasteiger partial charge < -0.3 is 15.0 Å². The number of anilines is 1. The van der Waals surface area contributed by atoms with Crippen molar-refractivity contribution in [3.63, 3.8) is 0 Å². The zero-order valence-corrected chi connectivity index (χ0v) is 18.2. The highest BCUT2D eigenvalue weighted by Crippen LogP contribution is 2.28. The average molecular weight is 447 g/mol. The monoisotopic (exact) mass is 447 g/mol. The number of aliphatic carboxylic acids is 1. The number of carbonyl (C=O) groups is 2. The number of hydrogen-bond donors (Lipinski definition) is 3. The first kappa shape index (κ1) is 22.1. The third-order valence-electron chi connectivity index (χ3n) is 5.56. The number of carboxylic acid groups (broad SMARTS) is 1. The summed E-state index contributed by atoms with van der Waals surface area (Å²) in [5.74, 6) is -0.934. The van der Waals surface area contributed by atoms with E-state index in [0.29, 0.717) is 40.1 Å². The summed E-state index contributed by atoms with van der Waals surface area (Å²) in [6.07, 6.45) is 6.05. The average Bonchev–Trinajstić information content (AvgIpc) is 3.50. The third-order valence-corrected chi connectivity index (χ3v) is 5.56. The first-order chi connectivity index (χ1) is 16.1. The summed E-state index contributed by atoms with van der Waals surface area (Å²) in [5, 5.41) is 26.6. The normalized spacial score (nSPS) is 12.0. The number of aromatic amines is 1. The molecule has 1 amide bonds. The molecule has 0 aliphatic rings. The van der Waals surface area contributed by atoms with Crippen molar-refractivity contribution in [2.45, 2.75) is 45.1 Å². The molecule has 170 valence electrons. The molecular formula is C23H25N7O3. The van der Waals surface area contributed by atoms with E-state index < -0.39 is 12.0 Å². The highest BCUT2D eigenvalue weighted by molar-refractivity contribution is 6.11. The lowest BCUT2D eigenvalue weighted by molar-refractivity contribution is -0.141. The lowest BCUT2D eigenvalue weighted by atomic mass is 10.1. The van der Waals surface area contributed by atoms with Crippen molar-refractivity contribution in [3.8, 4) is 11.4 Å². The van der Waals surface area contributed by atoms with E-state index in [-0.39, 0.29) is 5.91 Å². The van der Waals surface area contributed by atoms with Crippen LogP contribution in [0.5, 0.6) is 0 Å². The predicted octanol–water partition coefficient (Wildman–Crippen LogP) is 4.06. The quantitative estimate of drug-likeness (QED) is 0.311. The van der Waals surface area contributed by atoms with E-state index >= 15 is 0 Å². The Hall–Kier alpha value is -4.08. The number of H-pyrrole nitrogens is 1. The van der Waals surface area contributed by atoms with Crippen LogP contribution in [-0.4, -0.2) is 47.2 Å². The van der Waals surface area contributed by atoms with E-state index in [4.69, 9.17) is 0 Å². The van der Waals surface area contributed by atoms with Gasteiger partial charge in [0.1, 0.15) is 11.6 Å². The highest BCUT2D eigenvalue weighted by atomic mass is 16.4.